The van der Waals surface area contributed by atoms with E-state index < -0.39 is 5.60 Å². The SMILES string of the molecule is COC1(C(=O)Nc2ccc(Sc3nc(C)cs3)cc2)CCNCC1. The number of benzene rings is 1. The lowest BCUT2D eigenvalue weighted by Gasteiger charge is -2.34. The molecule has 0 aliphatic carbocycles. The summed E-state index contributed by atoms with van der Waals surface area (Å²) in [4.78, 5) is 18.2. The van der Waals surface area contributed by atoms with E-state index in [9.17, 15) is 4.79 Å². The van der Waals surface area contributed by atoms with Crippen molar-refractivity contribution in [3.05, 3.63) is 35.3 Å². The van der Waals surface area contributed by atoms with Crippen molar-refractivity contribution >= 4 is 34.7 Å². The van der Waals surface area contributed by atoms with Crippen LogP contribution >= 0.6 is 23.1 Å². The Labute approximate surface area is 150 Å². The van der Waals surface area contributed by atoms with Crippen LogP contribution in [0.5, 0.6) is 0 Å². The normalized spacial score (nSPS) is 16.8. The number of methoxy groups -OCH3 is 1. The van der Waals surface area contributed by atoms with Crippen molar-refractivity contribution in [2.75, 3.05) is 25.5 Å². The van der Waals surface area contributed by atoms with Gasteiger partial charge in [0.25, 0.3) is 5.91 Å². The molecule has 1 aliphatic rings. The number of hydrogen-bond acceptors (Lipinski definition) is 6. The van der Waals surface area contributed by atoms with Gasteiger partial charge in [-0.3, -0.25) is 4.79 Å². The highest BCUT2D eigenvalue weighted by Gasteiger charge is 2.39. The Morgan fingerprint density at radius 1 is 1.33 bits per heavy atom. The van der Waals surface area contributed by atoms with Crippen LogP contribution in [0.3, 0.4) is 0 Å². The van der Waals surface area contributed by atoms with Gasteiger partial charge in [0.1, 0.15) is 5.60 Å². The number of piperidine rings is 1. The van der Waals surface area contributed by atoms with Gasteiger partial charge in [-0.05, 0) is 57.1 Å². The number of aromatic nitrogens is 1. The highest BCUT2D eigenvalue weighted by Crippen LogP contribution is 2.31. The highest BCUT2D eigenvalue weighted by molar-refractivity contribution is 8.01. The number of amides is 1. The summed E-state index contributed by atoms with van der Waals surface area (Å²) in [6.07, 6.45) is 1.37. The minimum atomic E-state index is -0.725. The van der Waals surface area contributed by atoms with Gasteiger partial charge in [0.2, 0.25) is 0 Å². The fourth-order valence-corrected chi connectivity index (χ4v) is 4.50. The molecule has 0 bridgehead atoms. The van der Waals surface area contributed by atoms with Crippen LogP contribution in [-0.4, -0.2) is 36.7 Å². The maximum Gasteiger partial charge on any atom is 0.256 e. The van der Waals surface area contributed by atoms with Gasteiger partial charge in [-0.2, -0.15) is 0 Å². The summed E-state index contributed by atoms with van der Waals surface area (Å²) in [5.41, 5.74) is 1.10. The Bertz CT molecular complexity index is 694. The van der Waals surface area contributed by atoms with Gasteiger partial charge < -0.3 is 15.4 Å². The first kappa shape index (κ1) is 17.4. The smallest absolute Gasteiger partial charge is 0.256 e. The molecule has 1 fully saturated rings. The summed E-state index contributed by atoms with van der Waals surface area (Å²) < 4.78 is 6.58. The number of ether oxygens (including phenoxy) is 1. The van der Waals surface area contributed by atoms with Crippen LogP contribution in [0, 0.1) is 6.92 Å². The lowest BCUT2D eigenvalue weighted by Crippen LogP contribution is -2.51. The number of carbonyl (C=O) groups is 1. The molecule has 1 saturated heterocycles. The fourth-order valence-electron chi connectivity index (χ4n) is 2.69. The number of hydrogen-bond donors (Lipinski definition) is 2. The lowest BCUT2D eigenvalue weighted by molar-refractivity contribution is -0.140. The second-order valence-corrected chi connectivity index (χ2v) is 7.96. The van der Waals surface area contributed by atoms with Gasteiger partial charge in [0.15, 0.2) is 4.34 Å². The Kier molecular flexibility index (Phi) is 5.55. The minimum Gasteiger partial charge on any atom is -0.368 e. The van der Waals surface area contributed by atoms with Gasteiger partial charge in [-0.1, -0.05) is 11.8 Å². The second-order valence-electron chi connectivity index (χ2n) is 5.78. The van der Waals surface area contributed by atoms with Crippen LogP contribution in [0.25, 0.3) is 0 Å². The molecule has 5 nitrogen and oxygen atoms in total. The summed E-state index contributed by atoms with van der Waals surface area (Å²) >= 11 is 3.27. The van der Waals surface area contributed by atoms with Crippen molar-refractivity contribution < 1.29 is 9.53 Å². The average molecular weight is 364 g/mol. The van der Waals surface area contributed by atoms with E-state index in [1.165, 1.54) is 0 Å². The maximum absolute atomic E-state index is 12.6. The van der Waals surface area contributed by atoms with Crippen LogP contribution in [0.2, 0.25) is 0 Å². The van der Waals surface area contributed by atoms with E-state index >= 15 is 0 Å². The zero-order chi connectivity index (χ0) is 17.0. The van der Waals surface area contributed by atoms with E-state index in [0.29, 0.717) is 12.8 Å². The topological polar surface area (TPSA) is 63.2 Å². The van der Waals surface area contributed by atoms with E-state index in [2.05, 4.69) is 15.6 Å². The molecule has 0 saturated carbocycles. The Hall–Kier alpha value is -1.41. The van der Waals surface area contributed by atoms with Gasteiger partial charge in [-0.15, -0.1) is 11.3 Å². The molecule has 2 aromatic rings. The third kappa shape index (κ3) is 3.97. The molecule has 3 rings (SSSR count). The van der Waals surface area contributed by atoms with E-state index in [-0.39, 0.29) is 5.91 Å². The molecule has 1 aliphatic heterocycles. The first-order valence-corrected chi connectivity index (χ1v) is 9.58. The molecular formula is C17H21N3O2S2. The van der Waals surface area contributed by atoms with E-state index in [0.717, 1.165) is 33.7 Å². The molecule has 0 spiro atoms. The third-order valence-electron chi connectivity index (χ3n) is 4.13. The van der Waals surface area contributed by atoms with E-state index in [1.807, 2.05) is 36.6 Å². The molecule has 2 heterocycles. The highest BCUT2D eigenvalue weighted by atomic mass is 32.2. The Balaban J connectivity index is 1.64. The van der Waals surface area contributed by atoms with Crippen LogP contribution in [0.1, 0.15) is 18.5 Å². The first-order chi connectivity index (χ1) is 11.6. The molecular weight excluding hydrogens is 342 g/mol. The quantitative estimate of drug-likeness (QED) is 0.853. The van der Waals surface area contributed by atoms with E-state index in [1.54, 1.807) is 30.2 Å². The molecule has 1 aromatic heterocycles. The second kappa shape index (κ2) is 7.65. The Morgan fingerprint density at radius 3 is 2.62 bits per heavy atom. The summed E-state index contributed by atoms with van der Waals surface area (Å²) in [6, 6.07) is 7.84. The third-order valence-corrected chi connectivity index (χ3v) is 6.20. The molecule has 128 valence electrons. The van der Waals surface area contributed by atoms with Crippen LogP contribution < -0.4 is 10.6 Å². The lowest BCUT2D eigenvalue weighted by atomic mass is 9.91. The molecule has 24 heavy (non-hydrogen) atoms. The van der Waals surface area contributed by atoms with Crippen molar-refractivity contribution in [1.29, 1.82) is 0 Å². The van der Waals surface area contributed by atoms with Gasteiger partial charge >= 0.3 is 0 Å². The molecule has 0 atom stereocenters. The number of nitrogens with one attached hydrogen (secondary N) is 2. The van der Waals surface area contributed by atoms with E-state index in [4.69, 9.17) is 4.74 Å². The number of rotatable bonds is 5. The van der Waals surface area contributed by atoms with Crippen LogP contribution in [0.4, 0.5) is 5.69 Å². The fraction of sp³-hybridized carbons (Fsp3) is 0.412. The summed E-state index contributed by atoms with van der Waals surface area (Å²) in [5.74, 6) is -0.0672. The molecule has 2 N–H and O–H groups in total. The van der Waals surface area contributed by atoms with Gasteiger partial charge in [0, 0.05) is 28.8 Å². The molecule has 1 aromatic carbocycles. The van der Waals surface area contributed by atoms with Crippen molar-refractivity contribution in [2.45, 2.75) is 34.6 Å². The molecule has 1 amide bonds. The number of thiazole rings is 1. The number of nitrogens with zero attached hydrogens (tertiary/aromatic N) is 1. The number of aryl methyl sites for hydroxylation is 1. The first-order valence-electron chi connectivity index (χ1n) is 7.89. The zero-order valence-corrected chi connectivity index (χ0v) is 15.4. The minimum absolute atomic E-state index is 0.0672. The van der Waals surface area contributed by atoms with Crippen molar-refractivity contribution in [3.8, 4) is 0 Å². The maximum atomic E-state index is 12.6. The number of anilines is 1. The molecule has 0 radical (unpaired) electrons. The van der Waals surface area contributed by atoms with Gasteiger partial charge in [-0.25, -0.2) is 4.98 Å². The zero-order valence-electron chi connectivity index (χ0n) is 13.8. The largest absolute Gasteiger partial charge is 0.368 e. The van der Waals surface area contributed by atoms with Crippen LogP contribution in [0.15, 0.2) is 38.9 Å². The van der Waals surface area contributed by atoms with Crippen LogP contribution in [-0.2, 0) is 9.53 Å². The summed E-state index contributed by atoms with van der Waals surface area (Å²) in [5, 5.41) is 8.28. The monoisotopic (exact) mass is 363 g/mol. The standard InChI is InChI=1S/C17H21N3O2S2/c1-12-11-23-16(19-12)24-14-5-3-13(4-6-14)20-15(21)17(22-2)7-9-18-10-8-17/h3-6,11,18H,7-10H2,1-2H3,(H,20,21). The molecule has 7 heteroatoms. The van der Waals surface area contributed by atoms with Crippen molar-refractivity contribution in [2.24, 2.45) is 0 Å². The predicted octanol–water partition coefficient (Wildman–Crippen LogP) is 3.31. The molecule has 0 unspecified atom stereocenters. The van der Waals surface area contributed by atoms with Crippen molar-refractivity contribution in [3.63, 3.8) is 0 Å². The number of carbonyl (C=O) groups excluding carboxylic acids is 1. The predicted molar refractivity (Wildman–Crippen MR) is 97.9 cm³/mol. The average Bonchev–Trinajstić information content (AvgIpc) is 3.02. The Morgan fingerprint density at radius 2 is 2.04 bits per heavy atom. The van der Waals surface area contributed by atoms with Gasteiger partial charge in [0.05, 0.1) is 0 Å². The summed E-state index contributed by atoms with van der Waals surface area (Å²) in [7, 11) is 1.61. The summed E-state index contributed by atoms with van der Waals surface area (Å²) in [6.45, 7) is 3.58. The van der Waals surface area contributed by atoms with Crippen molar-refractivity contribution in [1.82, 2.24) is 10.3 Å².